The molecule has 3 aromatic carbocycles. The first-order valence-corrected chi connectivity index (χ1v) is 9.07. The largest absolute Gasteiger partial charge is 0.497 e. The van der Waals surface area contributed by atoms with Gasteiger partial charge >= 0.3 is 0 Å². The number of hydrogen-bond acceptors (Lipinski definition) is 5. The third-order valence-electron chi connectivity index (χ3n) is 4.90. The van der Waals surface area contributed by atoms with Gasteiger partial charge in [0, 0.05) is 13.1 Å². The van der Waals surface area contributed by atoms with Crippen molar-refractivity contribution in [1.29, 1.82) is 0 Å². The monoisotopic (exact) mass is 386 g/mol. The lowest BCUT2D eigenvalue weighted by molar-refractivity contribution is -0.129. The van der Waals surface area contributed by atoms with E-state index in [1.54, 1.807) is 32.4 Å². The summed E-state index contributed by atoms with van der Waals surface area (Å²) in [6.45, 7) is 0. The number of methoxy groups -OCH3 is 1. The van der Waals surface area contributed by atoms with E-state index in [2.05, 4.69) is 11.1 Å². The van der Waals surface area contributed by atoms with Gasteiger partial charge in [-0.05, 0) is 41.5 Å². The summed E-state index contributed by atoms with van der Waals surface area (Å²) < 4.78 is 11.2. The van der Waals surface area contributed by atoms with Gasteiger partial charge < -0.3 is 15.2 Å². The molecule has 1 radical (unpaired) electrons. The minimum Gasteiger partial charge on any atom is -0.497 e. The Labute approximate surface area is 169 Å². The number of hydrogen-bond donors (Lipinski definition) is 1. The van der Waals surface area contributed by atoms with Crippen molar-refractivity contribution in [3.63, 3.8) is 0 Å². The molecule has 145 valence electrons. The van der Waals surface area contributed by atoms with Crippen LogP contribution in [0, 0.1) is 6.07 Å². The highest BCUT2D eigenvalue weighted by Gasteiger charge is 2.49. The summed E-state index contributed by atoms with van der Waals surface area (Å²) in [7, 11) is 3.22. The number of carbonyl (C=O) groups excluding carboxylic acids is 1. The topological polar surface area (TPSA) is 77.2 Å². The van der Waals surface area contributed by atoms with E-state index in [1.165, 1.54) is 4.90 Å². The van der Waals surface area contributed by atoms with Crippen LogP contribution in [0.25, 0.3) is 0 Å². The summed E-state index contributed by atoms with van der Waals surface area (Å²) >= 11 is 0. The number of benzene rings is 3. The van der Waals surface area contributed by atoms with Crippen LogP contribution >= 0.6 is 0 Å². The average molecular weight is 386 g/mol. The molecule has 0 fully saturated rings. The zero-order valence-corrected chi connectivity index (χ0v) is 16.1. The average Bonchev–Trinajstić information content (AvgIpc) is 2.99. The van der Waals surface area contributed by atoms with E-state index >= 15 is 0 Å². The lowest BCUT2D eigenvalue weighted by Crippen LogP contribution is -2.41. The molecule has 0 aromatic heterocycles. The summed E-state index contributed by atoms with van der Waals surface area (Å²) in [4.78, 5) is 19.2. The van der Waals surface area contributed by atoms with Gasteiger partial charge in [-0.3, -0.25) is 9.69 Å². The summed E-state index contributed by atoms with van der Waals surface area (Å²) in [5.41, 5.74) is 6.14. The van der Waals surface area contributed by atoms with Gasteiger partial charge in [0.05, 0.1) is 7.11 Å². The van der Waals surface area contributed by atoms with Crippen molar-refractivity contribution in [3.05, 3.63) is 90.0 Å². The van der Waals surface area contributed by atoms with Crippen LogP contribution in [0.5, 0.6) is 17.2 Å². The standard InChI is InChI=1S/C23H20N3O3/c1-26-21(27)23(25-22(26)24,16-8-4-3-5-9-16)17-10-6-12-19(14-17)29-20-13-7-11-18(15-20)28-2/h4-15H,1-2H3,(H2,24,25). The van der Waals surface area contributed by atoms with Gasteiger partial charge in [0.2, 0.25) is 0 Å². The SMILES string of the molecule is COc1cccc(Oc2cccc(C3(c4cc[c]cc4)N=C(N)N(C)C3=O)c2)c1. The van der Waals surface area contributed by atoms with E-state index in [9.17, 15) is 4.79 Å². The molecule has 1 atom stereocenters. The van der Waals surface area contributed by atoms with Gasteiger partial charge in [-0.15, -0.1) is 0 Å². The maximum atomic E-state index is 13.3. The molecule has 1 heterocycles. The third kappa shape index (κ3) is 3.18. The fraction of sp³-hybridized carbons (Fsp3) is 0.130. The minimum atomic E-state index is -1.26. The second-order valence-electron chi connectivity index (χ2n) is 6.64. The first kappa shape index (κ1) is 18.6. The first-order chi connectivity index (χ1) is 14.0. The van der Waals surface area contributed by atoms with Crippen LogP contribution in [0.4, 0.5) is 0 Å². The van der Waals surface area contributed by atoms with Crippen molar-refractivity contribution < 1.29 is 14.3 Å². The van der Waals surface area contributed by atoms with E-state index in [4.69, 9.17) is 15.2 Å². The molecule has 29 heavy (non-hydrogen) atoms. The fourth-order valence-corrected chi connectivity index (χ4v) is 3.40. The molecule has 6 nitrogen and oxygen atoms in total. The zero-order chi connectivity index (χ0) is 20.4. The van der Waals surface area contributed by atoms with E-state index in [1.807, 2.05) is 54.6 Å². The number of guanidine groups is 1. The van der Waals surface area contributed by atoms with E-state index in [0.29, 0.717) is 28.4 Å². The highest BCUT2D eigenvalue weighted by Crippen LogP contribution is 2.40. The smallest absolute Gasteiger partial charge is 0.266 e. The molecule has 1 aliphatic heterocycles. The molecule has 0 saturated heterocycles. The van der Waals surface area contributed by atoms with Crippen molar-refractivity contribution in [1.82, 2.24) is 4.90 Å². The number of aliphatic imine (C=N–C) groups is 1. The van der Waals surface area contributed by atoms with Crippen molar-refractivity contribution in [2.24, 2.45) is 10.7 Å². The Bertz CT molecular complexity index is 1080. The van der Waals surface area contributed by atoms with Gasteiger partial charge in [0.25, 0.3) is 5.91 Å². The Morgan fingerprint density at radius 3 is 2.28 bits per heavy atom. The number of nitrogens with two attached hydrogens (primary N) is 1. The van der Waals surface area contributed by atoms with Crippen LogP contribution in [-0.4, -0.2) is 30.9 Å². The molecular formula is C23H20N3O3. The predicted octanol–water partition coefficient (Wildman–Crippen LogP) is 3.32. The molecule has 6 heteroatoms. The number of nitrogens with zero attached hydrogens (tertiary/aromatic N) is 2. The molecular weight excluding hydrogens is 366 g/mol. The van der Waals surface area contributed by atoms with E-state index in [0.717, 1.165) is 0 Å². The van der Waals surface area contributed by atoms with Gasteiger partial charge in [0.1, 0.15) is 17.2 Å². The molecule has 1 amide bonds. The zero-order valence-electron chi connectivity index (χ0n) is 16.1. The molecule has 0 bridgehead atoms. The molecule has 1 aliphatic rings. The van der Waals surface area contributed by atoms with Crippen LogP contribution in [0.3, 0.4) is 0 Å². The van der Waals surface area contributed by atoms with Crippen LogP contribution in [0.2, 0.25) is 0 Å². The van der Waals surface area contributed by atoms with Crippen LogP contribution < -0.4 is 15.2 Å². The Balaban J connectivity index is 1.79. The Hall–Kier alpha value is -3.80. The second-order valence-corrected chi connectivity index (χ2v) is 6.64. The third-order valence-corrected chi connectivity index (χ3v) is 4.90. The second kappa shape index (κ2) is 7.31. The molecule has 2 N–H and O–H groups in total. The van der Waals surface area contributed by atoms with Crippen molar-refractivity contribution in [2.75, 3.05) is 14.2 Å². The molecule has 0 aliphatic carbocycles. The van der Waals surface area contributed by atoms with Crippen molar-refractivity contribution in [2.45, 2.75) is 5.54 Å². The van der Waals surface area contributed by atoms with Crippen molar-refractivity contribution in [3.8, 4) is 17.2 Å². The lowest BCUT2D eigenvalue weighted by Gasteiger charge is -2.26. The van der Waals surface area contributed by atoms with Crippen molar-refractivity contribution >= 4 is 11.9 Å². The first-order valence-electron chi connectivity index (χ1n) is 9.07. The predicted molar refractivity (Wildman–Crippen MR) is 110 cm³/mol. The lowest BCUT2D eigenvalue weighted by atomic mass is 9.83. The Kier molecular flexibility index (Phi) is 4.68. The molecule has 1 unspecified atom stereocenters. The van der Waals surface area contributed by atoms with Crippen LogP contribution in [0.15, 0.2) is 77.8 Å². The number of amides is 1. The van der Waals surface area contributed by atoms with E-state index in [-0.39, 0.29) is 11.9 Å². The Morgan fingerprint density at radius 1 is 0.966 bits per heavy atom. The number of likely N-dealkylation sites (N-methyl/N-ethyl adjacent to an activating group) is 1. The number of rotatable bonds is 5. The fourth-order valence-electron chi connectivity index (χ4n) is 3.40. The van der Waals surface area contributed by atoms with Crippen LogP contribution in [-0.2, 0) is 10.3 Å². The highest BCUT2D eigenvalue weighted by molar-refractivity contribution is 6.08. The normalized spacial score (nSPS) is 18.5. The summed E-state index contributed by atoms with van der Waals surface area (Å²) in [6, 6.07) is 24.8. The van der Waals surface area contributed by atoms with Gasteiger partial charge in [-0.2, -0.15) is 0 Å². The minimum absolute atomic E-state index is 0.168. The summed E-state index contributed by atoms with van der Waals surface area (Å²) in [5, 5.41) is 0. The summed E-state index contributed by atoms with van der Waals surface area (Å²) in [5.74, 6) is 1.85. The van der Waals surface area contributed by atoms with Gasteiger partial charge in [-0.25, -0.2) is 4.99 Å². The Morgan fingerprint density at radius 2 is 1.62 bits per heavy atom. The van der Waals surface area contributed by atoms with Gasteiger partial charge in [-0.1, -0.05) is 42.5 Å². The molecule has 3 aromatic rings. The van der Waals surface area contributed by atoms with E-state index < -0.39 is 5.54 Å². The molecule has 0 saturated carbocycles. The quantitative estimate of drug-likeness (QED) is 0.730. The molecule has 0 spiro atoms. The maximum Gasteiger partial charge on any atom is 0.266 e. The number of carbonyl (C=O) groups is 1. The highest BCUT2D eigenvalue weighted by atomic mass is 16.5. The summed E-state index contributed by atoms with van der Waals surface area (Å²) in [6.07, 6.45) is 0. The van der Waals surface area contributed by atoms with Crippen LogP contribution in [0.1, 0.15) is 11.1 Å². The molecule has 4 rings (SSSR count). The number of ether oxygens (including phenoxy) is 2. The maximum absolute atomic E-state index is 13.3. The van der Waals surface area contributed by atoms with Gasteiger partial charge in [0.15, 0.2) is 11.5 Å².